The number of hydrazone groups is 1. The van der Waals surface area contributed by atoms with Crippen LogP contribution in [-0.2, 0) is 24.7 Å². The number of nitrogens with zero attached hydrogens (tertiary/aromatic N) is 7. The van der Waals surface area contributed by atoms with E-state index < -0.39 is 47.4 Å². The molecule has 2 saturated heterocycles. The van der Waals surface area contributed by atoms with Crippen LogP contribution in [-0.4, -0.2) is 104 Å². The Balaban J connectivity index is 0.844. The van der Waals surface area contributed by atoms with E-state index in [1.54, 1.807) is 30.2 Å². The fourth-order valence-electron chi connectivity index (χ4n) is 10.1. The Morgan fingerprint density at radius 1 is 0.838 bits per heavy atom. The minimum Gasteiger partial charge on any atom is -0.345 e. The van der Waals surface area contributed by atoms with E-state index in [2.05, 4.69) is 85.5 Å². The fraction of sp³-hybridized carbons (Fsp3) is 0.327. The number of carbonyl (C=O) groups is 5. The zero-order chi connectivity index (χ0) is 46.9. The second-order valence-electron chi connectivity index (χ2n) is 18.2. The van der Waals surface area contributed by atoms with Crippen LogP contribution in [0.1, 0.15) is 91.9 Å². The summed E-state index contributed by atoms with van der Waals surface area (Å²) < 4.78 is 0. The van der Waals surface area contributed by atoms with Gasteiger partial charge in [-0.1, -0.05) is 67.3 Å². The highest BCUT2D eigenvalue weighted by Gasteiger charge is 2.45. The van der Waals surface area contributed by atoms with E-state index in [0.717, 1.165) is 64.3 Å². The highest BCUT2D eigenvalue weighted by atomic mass is 16.2. The summed E-state index contributed by atoms with van der Waals surface area (Å²) in [7, 11) is 0. The predicted octanol–water partition coefficient (Wildman–Crippen LogP) is 5.36. The molecule has 2 aromatic carbocycles. The number of nitrogens with one attached hydrogen (secondary N) is 4. The number of hydrogen-bond donors (Lipinski definition) is 4. The minimum atomic E-state index is -1.02. The van der Waals surface area contributed by atoms with Gasteiger partial charge in [-0.2, -0.15) is 5.10 Å². The van der Waals surface area contributed by atoms with Gasteiger partial charge < -0.3 is 25.8 Å². The van der Waals surface area contributed by atoms with E-state index in [-0.39, 0.29) is 18.2 Å². The molecule has 4 aromatic rings. The molecule has 7 heterocycles. The largest absolute Gasteiger partial charge is 0.345 e. The lowest BCUT2D eigenvalue weighted by Crippen LogP contribution is -2.59. The van der Waals surface area contributed by atoms with Crippen LogP contribution in [0, 0.1) is 0 Å². The first kappa shape index (κ1) is 44.1. The SMILES string of the molecule is C=C1NN=C2c3cc(-c4ccccc4)c(-c4ccc(C5(NC(=O)[C@@H]6CCCN6C(=O)[C@H](CC6=CCC=N6)NC(=O)[C@@H]6CCCN6C(=O)[C@@H](C)NC(=O)c6ccncc6)CCC5)cc4)nc3C=CN12. The van der Waals surface area contributed by atoms with E-state index in [1.807, 2.05) is 41.5 Å². The van der Waals surface area contributed by atoms with Crippen LogP contribution < -0.4 is 21.4 Å². The molecule has 1 aliphatic carbocycles. The van der Waals surface area contributed by atoms with Gasteiger partial charge in [-0.25, -0.2) is 4.98 Å². The lowest BCUT2D eigenvalue weighted by Gasteiger charge is -2.44. The standard InChI is InChI=1S/C52H53N11O5/c1-32(55-47(64)36-19-25-53-26-20-36)50(67)62-27-7-13-43(62)48(65)57-42(30-38-12-6-24-54-38)51(68)63-28-8-14-44(63)49(66)58-52(22-9-23-52)37-17-15-35(16-18-37)45-39(34-10-4-3-5-11-34)31-40-41(56-45)21-29-61-33(2)59-60-46(40)61/h3-5,10-12,15-21,24-26,29,31-32,42-44,59H,2,6-9,13-14,22-23,27-28,30H2,1H3,(H,55,64)(H,57,65)(H,58,66)/t32-,42+,43+,44+/m1/s1. The number of aliphatic imine (C=N–C) groups is 1. The molecule has 4 atom stereocenters. The number of fused-ring (bicyclic) bond motifs is 3. The average molecular weight is 912 g/mol. The van der Waals surface area contributed by atoms with Crippen LogP contribution in [0.3, 0.4) is 0 Å². The normalized spacial score (nSPS) is 20.6. The molecule has 346 valence electrons. The lowest BCUT2D eigenvalue weighted by molar-refractivity contribution is -0.144. The summed E-state index contributed by atoms with van der Waals surface area (Å²) in [6.45, 7) is 6.35. The van der Waals surface area contributed by atoms with E-state index in [9.17, 15) is 24.0 Å². The first-order chi connectivity index (χ1) is 33.1. The topological polar surface area (TPSA) is 194 Å². The van der Waals surface area contributed by atoms with Crippen molar-refractivity contribution in [2.75, 3.05) is 13.1 Å². The maximum Gasteiger partial charge on any atom is 0.252 e. The number of rotatable bonds is 13. The minimum absolute atomic E-state index is 0.142. The van der Waals surface area contributed by atoms with Crippen molar-refractivity contribution in [3.63, 3.8) is 0 Å². The third-order valence-corrected chi connectivity index (χ3v) is 13.9. The number of aromatic nitrogens is 2. The molecule has 0 unspecified atom stereocenters. The molecule has 68 heavy (non-hydrogen) atoms. The van der Waals surface area contributed by atoms with E-state index in [0.29, 0.717) is 62.3 Å². The summed E-state index contributed by atoms with van der Waals surface area (Å²) in [6.07, 6.45) is 15.9. The fourth-order valence-corrected chi connectivity index (χ4v) is 10.1. The molecule has 0 spiro atoms. The number of pyridine rings is 2. The molecule has 5 amide bonds. The van der Waals surface area contributed by atoms with Crippen LogP contribution >= 0.6 is 0 Å². The third-order valence-electron chi connectivity index (χ3n) is 13.9. The van der Waals surface area contributed by atoms with Crippen molar-refractivity contribution in [2.45, 2.75) is 94.4 Å². The quantitative estimate of drug-likeness (QED) is 0.137. The molecule has 0 bridgehead atoms. The van der Waals surface area contributed by atoms with Gasteiger partial charge >= 0.3 is 0 Å². The van der Waals surface area contributed by atoms with Gasteiger partial charge in [0, 0.05) is 78.7 Å². The number of amidine groups is 1. The molecular weight excluding hydrogens is 859 g/mol. The van der Waals surface area contributed by atoms with Crippen molar-refractivity contribution < 1.29 is 24.0 Å². The van der Waals surface area contributed by atoms with Gasteiger partial charge in [0.15, 0.2) is 5.84 Å². The molecule has 2 aromatic heterocycles. The van der Waals surface area contributed by atoms with Crippen molar-refractivity contribution in [3.8, 4) is 22.4 Å². The van der Waals surface area contributed by atoms with Crippen LogP contribution in [0.2, 0.25) is 0 Å². The van der Waals surface area contributed by atoms with Gasteiger partial charge in [0.1, 0.15) is 30.0 Å². The summed E-state index contributed by atoms with van der Waals surface area (Å²) in [6, 6.07) is 20.2. The molecule has 6 aliphatic rings. The zero-order valence-corrected chi connectivity index (χ0v) is 37.9. The Labute approximate surface area is 394 Å². The Kier molecular flexibility index (Phi) is 12.0. The van der Waals surface area contributed by atoms with Gasteiger partial charge in [-0.15, -0.1) is 0 Å². The summed E-state index contributed by atoms with van der Waals surface area (Å²) >= 11 is 0. The molecule has 16 nitrogen and oxygen atoms in total. The van der Waals surface area contributed by atoms with Crippen molar-refractivity contribution >= 4 is 47.7 Å². The molecule has 0 radical (unpaired) electrons. The van der Waals surface area contributed by atoms with Crippen molar-refractivity contribution in [1.29, 1.82) is 0 Å². The zero-order valence-electron chi connectivity index (χ0n) is 37.9. The molecule has 3 fully saturated rings. The van der Waals surface area contributed by atoms with Gasteiger partial charge in [0.2, 0.25) is 23.6 Å². The molecule has 16 heteroatoms. The van der Waals surface area contributed by atoms with Gasteiger partial charge in [-0.05, 0) is 87.3 Å². The third kappa shape index (κ3) is 8.46. The number of allylic oxidation sites excluding steroid dienone is 1. The number of hydrogen-bond acceptors (Lipinski definition) is 11. The average Bonchev–Trinajstić information content (AvgIpc) is 4.21. The summed E-state index contributed by atoms with van der Waals surface area (Å²) in [5, 5.41) is 13.6. The predicted molar refractivity (Wildman–Crippen MR) is 257 cm³/mol. The van der Waals surface area contributed by atoms with Gasteiger partial charge in [0.05, 0.1) is 16.9 Å². The van der Waals surface area contributed by atoms with E-state index in [1.165, 1.54) is 17.3 Å². The highest BCUT2D eigenvalue weighted by molar-refractivity contribution is 6.07. The Bertz CT molecular complexity index is 2800. The number of carbonyl (C=O) groups excluding carboxylic acids is 5. The van der Waals surface area contributed by atoms with Gasteiger partial charge in [-0.3, -0.25) is 44.3 Å². The molecule has 10 rings (SSSR count). The number of amides is 5. The first-order valence-electron chi connectivity index (χ1n) is 23.4. The van der Waals surface area contributed by atoms with Crippen LogP contribution in [0.15, 0.2) is 126 Å². The van der Waals surface area contributed by atoms with E-state index >= 15 is 0 Å². The van der Waals surface area contributed by atoms with Crippen LogP contribution in [0.5, 0.6) is 0 Å². The second-order valence-corrected chi connectivity index (χ2v) is 18.2. The molecule has 5 aliphatic heterocycles. The molecule has 1 saturated carbocycles. The van der Waals surface area contributed by atoms with Gasteiger partial charge in [0.25, 0.3) is 5.91 Å². The van der Waals surface area contributed by atoms with Crippen LogP contribution in [0.4, 0.5) is 0 Å². The smallest absolute Gasteiger partial charge is 0.252 e. The highest BCUT2D eigenvalue weighted by Crippen LogP contribution is 2.43. The Morgan fingerprint density at radius 2 is 1.56 bits per heavy atom. The monoisotopic (exact) mass is 911 g/mol. The molecule has 4 N–H and O–H groups in total. The Morgan fingerprint density at radius 3 is 2.25 bits per heavy atom. The Hall–Kier alpha value is -7.75. The maximum atomic E-state index is 14.7. The molecular formula is C52H53N11O5. The first-order valence-corrected chi connectivity index (χ1v) is 23.4. The number of benzene rings is 2. The lowest BCUT2D eigenvalue weighted by atomic mass is 9.71. The van der Waals surface area contributed by atoms with Crippen molar-refractivity contribution in [1.82, 2.24) is 46.0 Å². The summed E-state index contributed by atoms with van der Waals surface area (Å²) in [5.41, 5.74) is 9.82. The van der Waals surface area contributed by atoms with Crippen LogP contribution in [0.25, 0.3) is 28.5 Å². The second kappa shape index (κ2) is 18.5. The van der Waals surface area contributed by atoms with Crippen molar-refractivity contribution in [3.05, 3.63) is 138 Å². The number of likely N-dealkylation sites (tertiary alicyclic amines) is 2. The van der Waals surface area contributed by atoms with E-state index in [4.69, 9.17) is 4.98 Å². The maximum absolute atomic E-state index is 14.7. The summed E-state index contributed by atoms with van der Waals surface area (Å²) in [5.74, 6) is -0.453. The van der Waals surface area contributed by atoms with Crippen molar-refractivity contribution in [2.24, 2.45) is 10.1 Å². The summed E-state index contributed by atoms with van der Waals surface area (Å²) in [4.78, 5) is 88.4.